The first kappa shape index (κ1) is 27.2. The minimum atomic E-state index is -0.984. The number of nitrogens with zero attached hydrogens (tertiary/aromatic N) is 2. The minimum Gasteiger partial charge on any atom is -0.485 e. The standard InChI is InChI=1S/C31H37N3O4/c1-33(31(36)37)20-19-28(25-12-6-3-7-13-25)38-29-15-9-8-14-27(29)30(35)32-26-17-22-34(23-18-26)21-16-24-10-4-2-5-11-24/h2-15,26,28H,16-23H2,1H3,(H,32,35)(H,36,37). The Labute approximate surface area is 225 Å². The lowest BCUT2D eigenvalue weighted by Gasteiger charge is -2.32. The maximum atomic E-state index is 13.3. The smallest absolute Gasteiger partial charge is 0.407 e. The van der Waals surface area contributed by atoms with Gasteiger partial charge in [-0.15, -0.1) is 0 Å². The van der Waals surface area contributed by atoms with Crippen molar-refractivity contribution < 1.29 is 19.4 Å². The van der Waals surface area contributed by atoms with E-state index in [1.807, 2.05) is 48.5 Å². The Bertz CT molecular complexity index is 1160. The van der Waals surface area contributed by atoms with E-state index in [2.05, 4.69) is 34.5 Å². The van der Waals surface area contributed by atoms with Gasteiger partial charge >= 0.3 is 6.09 Å². The van der Waals surface area contributed by atoms with E-state index in [0.717, 1.165) is 44.5 Å². The van der Waals surface area contributed by atoms with Crippen LogP contribution in [-0.4, -0.2) is 66.2 Å². The van der Waals surface area contributed by atoms with Gasteiger partial charge in [0.2, 0.25) is 0 Å². The molecule has 1 fully saturated rings. The van der Waals surface area contributed by atoms with E-state index in [1.165, 1.54) is 10.5 Å². The van der Waals surface area contributed by atoms with E-state index in [9.17, 15) is 14.7 Å². The van der Waals surface area contributed by atoms with Gasteiger partial charge in [-0.25, -0.2) is 4.79 Å². The number of hydrogen-bond acceptors (Lipinski definition) is 4. The van der Waals surface area contributed by atoms with Gasteiger partial charge in [0.1, 0.15) is 11.9 Å². The van der Waals surface area contributed by atoms with E-state index in [-0.39, 0.29) is 18.1 Å². The molecule has 1 atom stereocenters. The van der Waals surface area contributed by atoms with Gasteiger partial charge in [0.25, 0.3) is 5.91 Å². The molecule has 200 valence electrons. The van der Waals surface area contributed by atoms with Gasteiger partial charge in [0.15, 0.2) is 0 Å². The molecule has 1 aliphatic rings. The number of benzene rings is 3. The summed E-state index contributed by atoms with van der Waals surface area (Å²) in [6.45, 7) is 3.26. The predicted octanol–water partition coefficient (Wildman–Crippen LogP) is 5.24. The Morgan fingerprint density at radius 2 is 1.61 bits per heavy atom. The fraction of sp³-hybridized carbons (Fsp3) is 0.355. The number of ether oxygens (including phenoxy) is 1. The third kappa shape index (κ3) is 7.83. The van der Waals surface area contributed by atoms with Crippen LogP contribution in [0.3, 0.4) is 0 Å². The van der Waals surface area contributed by atoms with E-state index in [0.29, 0.717) is 24.3 Å². The molecule has 1 unspecified atom stereocenters. The maximum absolute atomic E-state index is 13.3. The highest BCUT2D eigenvalue weighted by atomic mass is 16.5. The van der Waals surface area contributed by atoms with Crippen molar-refractivity contribution in [3.05, 3.63) is 102 Å². The zero-order valence-corrected chi connectivity index (χ0v) is 22.0. The first-order valence-corrected chi connectivity index (χ1v) is 13.3. The Morgan fingerprint density at radius 1 is 0.974 bits per heavy atom. The number of nitrogens with one attached hydrogen (secondary N) is 1. The summed E-state index contributed by atoms with van der Waals surface area (Å²) < 4.78 is 6.37. The van der Waals surface area contributed by atoms with E-state index in [4.69, 9.17) is 4.74 Å². The molecule has 3 aromatic rings. The fourth-order valence-electron chi connectivity index (χ4n) is 4.77. The van der Waals surface area contributed by atoms with Crippen LogP contribution in [0.4, 0.5) is 4.79 Å². The molecule has 2 N–H and O–H groups in total. The number of piperidine rings is 1. The summed E-state index contributed by atoms with van der Waals surface area (Å²) in [5.41, 5.74) is 2.78. The van der Waals surface area contributed by atoms with Crippen LogP contribution in [0.1, 0.15) is 46.9 Å². The Hall–Kier alpha value is -3.84. The van der Waals surface area contributed by atoms with Crippen LogP contribution in [0.2, 0.25) is 0 Å². The number of carboxylic acid groups (broad SMARTS) is 1. The molecule has 0 spiro atoms. The zero-order valence-electron chi connectivity index (χ0n) is 22.0. The second-order valence-corrected chi connectivity index (χ2v) is 9.83. The minimum absolute atomic E-state index is 0.123. The van der Waals surface area contributed by atoms with E-state index < -0.39 is 6.09 Å². The number of likely N-dealkylation sites (tertiary alicyclic amines) is 1. The van der Waals surface area contributed by atoms with Crippen molar-refractivity contribution in [3.63, 3.8) is 0 Å². The summed E-state index contributed by atoms with van der Waals surface area (Å²) in [5.74, 6) is 0.356. The van der Waals surface area contributed by atoms with Crippen molar-refractivity contribution in [3.8, 4) is 5.75 Å². The summed E-state index contributed by atoms with van der Waals surface area (Å²) in [5, 5.41) is 12.5. The summed E-state index contributed by atoms with van der Waals surface area (Å²) >= 11 is 0. The quantitative estimate of drug-likeness (QED) is 0.365. The molecule has 2 amide bonds. The van der Waals surface area contributed by atoms with Crippen molar-refractivity contribution >= 4 is 12.0 Å². The van der Waals surface area contributed by atoms with Crippen molar-refractivity contribution in [2.45, 2.75) is 37.8 Å². The molecular weight excluding hydrogens is 478 g/mol. The van der Waals surface area contributed by atoms with Gasteiger partial charge in [-0.2, -0.15) is 0 Å². The maximum Gasteiger partial charge on any atom is 0.407 e. The van der Waals surface area contributed by atoms with Gasteiger partial charge in [0, 0.05) is 45.7 Å². The SMILES string of the molecule is CN(CCC(Oc1ccccc1C(=O)NC1CCN(CCc2ccccc2)CC1)c1ccccc1)C(=O)O. The highest BCUT2D eigenvalue weighted by Crippen LogP contribution is 2.28. The molecular formula is C31H37N3O4. The lowest BCUT2D eigenvalue weighted by molar-refractivity contribution is 0.0902. The van der Waals surface area contributed by atoms with Crippen LogP contribution in [0, 0.1) is 0 Å². The van der Waals surface area contributed by atoms with Crippen LogP contribution < -0.4 is 10.1 Å². The highest BCUT2D eigenvalue weighted by molar-refractivity contribution is 5.97. The lowest BCUT2D eigenvalue weighted by atomic mass is 10.0. The second-order valence-electron chi connectivity index (χ2n) is 9.83. The molecule has 1 heterocycles. The Morgan fingerprint density at radius 3 is 2.29 bits per heavy atom. The normalized spacial score (nSPS) is 15.0. The Kier molecular flexibility index (Phi) is 9.76. The molecule has 3 aromatic carbocycles. The molecule has 0 aliphatic carbocycles. The second kappa shape index (κ2) is 13.6. The predicted molar refractivity (Wildman–Crippen MR) is 149 cm³/mol. The van der Waals surface area contributed by atoms with Crippen LogP contribution in [0.25, 0.3) is 0 Å². The first-order chi connectivity index (χ1) is 18.5. The number of amides is 2. The average Bonchev–Trinajstić information content (AvgIpc) is 2.96. The van der Waals surface area contributed by atoms with Crippen LogP contribution >= 0.6 is 0 Å². The van der Waals surface area contributed by atoms with Gasteiger partial charge < -0.3 is 25.0 Å². The fourth-order valence-corrected chi connectivity index (χ4v) is 4.77. The summed E-state index contributed by atoms with van der Waals surface area (Å²) in [7, 11) is 1.54. The summed E-state index contributed by atoms with van der Waals surface area (Å²) in [6.07, 6.45) is 1.95. The number of hydrogen-bond donors (Lipinski definition) is 2. The molecule has 7 nitrogen and oxygen atoms in total. The molecule has 1 aliphatic heterocycles. The molecule has 0 radical (unpaired) electrons. The molecule has 0 aromatic heterocycles. The molecule has 0 saturated carbocycles. The van der Waals surface area contributed by atoms with Gasteiger partial charge in [-0.05, 0) is 42.5 Å². The third-order valence-electron chi connectivity index (χ3n) is 7.11. The van der Waals surface area contributed by atoms with E-state index in [1.54, 1.807) is 19.2 Å². The third-order valence-corrected chi connectivity index (χ3v) is 7.11. The molecule has 38 heavy (non-hydrogen) atoms. The van der Waals surface area contributed by atoms with Crippen molar-refractivity contribution in [2.75, 3.05) is 33.2 Å². The van der Waals surface area contributed by atoms with Crippen molar-refractivity contribution in [2.24, 2.45) is 0 Å². The largest absolute Gasteiger partial charge is 0.485 e. The van der Waals surface area contributed by atoms with Crippen molar-refractivity contribution in [1.29, 1.82) is 0 Å². The van der Waals surface area contributed by atoms with Crippen LogP contribution in [0.5, 0.6) is 5.75 Å². The topological polar surface area (TPSA) is 82.1 Å². The van der Waals surface area contributed by atoms with E-state index >= 15 is 0 Å². The molecule has 1 saturated heterocycles. The zero-order chi connectivity index (χ0) is 26.7. The van der Waals surface area contributed by atoms with Crippen LogP contribution in [0.15, 0.2) is 84.9 Å². The van der Waals surface area contributed by atoms with Gasteiger partial charge in [-0.3, -0.25) is 4.79 Å². The van der Waals surface area contributed by atoms with Crippen molar-refractivity contribution in [1.82, 2.24) is 15.1 Å². The first-order valence-electron chi connectivity index (χ1n) is 13.3. The summed E-state index contributed by atoms with van der Waals surface area (Å²) in [6, 6.07) is 27.6. The van der Waals surface area contributed by atoms with Gasteiger partial charge in [-0.1, -0.05) is 72.8 Å². The summed E-state index contributed by atoms with van der Waals surface area (Å²) in [4.78, 5) is 28.3. The molecule has 7 heteroatoms. The number of carbonyl (C=O) groups excluding carboxylic acids is 1. The highest BCUT2D eigenvalue weighted by Gasteiger charge is 2.24. The average molecular weight is 516 g/mol. The monoisotopic (exact) mass is 515 g/mol. The molecule has 0 bridgehead atoms. The van der Waals surface area contributed by atoms with Gasteiger partial charge in [0.05, 0.1) is 5.56 Å². The lowest BCUT2D eigenvalue weighted by Crippen LogP contribution is -2.45. The Balaban J connectivity index is 1.35. The number of para-hydroxylation sites is 1. The van der Waals surface area contributed by atoms with Crippen LogP contribution in [-0.2, 0) is 6.42 Å². The number of rotatable bonds is 11. The number of carbonyl (C=O) groups is 2. The molecule has 4 rings (SSSR count).